The molecule has 0 bridgehead atoms. The molecule has 5 rings (SSSR count). The number of carbonyl (C=O) groups is 1. The monoisotopic (exact) mass is 553 g/mol. The number of aryl methyl sites for hydroxylation is 1. The van der Waals surface area contributed by atoms with Gasteiger partial charge in [-0.15, -0.1) is 0 Å². The average molecular weight is 554 g/mol. The Morgan fingerprint density at radius 3 is 2.46 bits per heavy atom. The molecule has 4 aromatic rings. The Hall–Kier alpha value is -3.80. The van der Waals surface area contributed by atoms with E-state index in [-0.39, 0.29) is 5.97 Å². The molecule has 1 unspecified atom stereocenters. The van der Waals surface area contributed by atoms with E-state index < -0.39 is 5.60 Å². The van der Waals surface area contributed by atoms with Crippen molar-refractivity contribution in [1.29, 1.82) is 0 Å². The third-order valence-electron chi connectivity index (χ3n) is 8.62. The van der Waals surface area contributed by atoms with E-state index in [0.29, 0.717) is 17.0 Å². The highest BCUT2D eigenvalue weighted by atomic mass is 16.6. The van der Waals surface area contributed by atoms with Gasteiger partial charge in [-0.25, -0.2) is 4.79 Å². The van der Waals surface area contributed by atoms with E-state index in [1.165, 1.54) is 32.1 Å². The highest BCUT2D eigenvalue weighted by Gasteiger charge is 2.54. The summed E-state index contributed by atoms with van der Waals surface area (Å²) in [4.78, 5) is 20.6. The maximum atomic E-state index is 13.5. The van der Waals surface area contributed by atoms with Crippen LogP contribution in [0.1, 0.15) is 92.2 Å². The molecule has 1 atom stereocenters. The van der Waals surface area contributed by atoms with Gasteiger partial charge in [0.25, 0.3) is 0 Å². The molecular weight excluding hydrogens is 510 g/mol. The molecule has 41 heavy (non-hydrogen) atoms. The van der Waals surface area contributed by atoms with E-state index in [1.54, 1.807) is 19.4 Å². The van der Waals surface area contributed by atoms with Crippen molar-refractivity contribution in [2.45, 2.75) is 78.4 Å². The Kier molecular flexibility index (Phi) is 8.67. The van der Waals surface area contributed by atoms with Crippen LogP contribution in [-0.4, -0.2) is 35.7 Å². The van der Waals surface area contributed by atoms with Crippen LogP contribution < -0.4 is 9.64 Å². The molecule has 0 radical (unpaired) electrons. The molecule has 0 saturated carbocycles. The van der Waals surface area contributed by atoms with Crippen molar-refractivity contribution in [3.05, 3.63) is 88.9 Å². The second-order valence-corrected chi connectivity index (χ2v) is 10.9. The van der Waals surface area contributed by atoms with Crippen molar-refractivity contribution < 1.29 is 14.3 Å². The first kappa shape index (κ1) is 28.7. The van der Waals surface area contributed by atoms with Crippen molar-refractivity contribution in [3.8, 4) is 5.75 Å². The minimum Gasteiger partial charge on any atom is -0.496 e. The van der Waals surface area contributed by atoms with E-state index in [2.05, 4.69) is 79.6 Å². The number of cyclic esters (lactones) is 1. The fourth-order valence-electron chi connectivity index (χ4n) is 6.55. The van der Waals surface area contributed by atoms with Crippen LogP contribution in [0.4, 0.5) is 5.69 Å². The lowest BCUT2D eigenvalue weighted by atomic mass is 9.80. The number of pyridine rings is 1. The van der Waals surface area contributed by atoms with E-state index >= 15 is 0 Å². The first-order valence-corrected chi connectivity index (χ1v) is 15.2. The van der Waals surface area contributed by atoms with E-state index in [4.69, 9.17) is 14.5 Å². The second-order valence-electron chi connectivity index (χ2n) is 10.9. The van der Waals surface area contributed by atoms with Gasteiger partial charge in [0.15, 0.2) is 0 Å². The van der Waals surface area contributed by atoms with Crippen molar-refractivity contribution in [3.63, 3.8) is 0 Å². The van der Waals surface area contributed by atoms with E-state index in [1.807, 2.05) is 6.07 Å². The lowest BCUT2D eigenvalue weighted by Crippen LogP contribution is -2.32. The van der Waals surface area contributed by atoms with Crippen LogP contribution in [0.3, 0.4) is 0 Å². The molecule has 0 aliphatic carbocycles. The zero-order valence-corrected chi connectivity index (χ0v) is 25.2. The number of methoxy groups -OCH3 is 1. The van der Waals surface area contributed by atoms with Gasteiger partial charge in [0.2, 0.25) is 5.60 Å². The van der Waals surface area contributed by atoms with Crippen LogP contribution in [0.25, 0.3) is 10.9 Å². The van der Waals surface area contributed by atoms with E-state index in [0.717, 1.165) is 59.5 Å². The smallest absolute Gasteiger partial charge is 0.341 e. The van der Waals surface area contributed by atoms with Crippen LogP contribution >= 0.6 is 0 Å². The SMILES string of the molecule is CCCCCCCCn1c(C)c(C2(c3ccc(N(CC)CC)cc3OC)OC(=O)c3cccnc32)c2ccccc21. The minimum atomic E-state index is -1.24. The molecular formula is C35H43N3O3. The van der Waals surface area contributed by atoms with Crippen molar-refractivity contribution in [2.24, 2.45) is 0 Å². The Bertz CT molecular complexity index is 1520. The topological polar surface area (TPSA) is 56.6 Å². The first-order valence-electron chi connectivity index (χ1n) is 15.2. The molecule has 0 fully saturated rings. The number of benzene rings is 2. The number of anilines is 1. The Labute approximate surface area is 244 Å². The maximum Gasteiger partial charge on any atom is 0.341 e. The quantitative estimate of drug-likeness (QED) is 0.124. The highest BCUT2D eigenvalue weighted by Crippen LogP contribution is 2.52. The molecule has 0 saturated heterocycles. The minimum absolute atomic E-state index is 0.366. The number of rotatable bonds is 13. The molecule has 1 aliphatic heterocycles. The van der Waals surface area contributed by atoms with Crippen molar-refractivity contribution in [2.75, 3.05) is 25.1 Å². The van der Waals surface area contributed by atoms with E-state index in [9.17, 15) is 4.79 Å². The summed E-state index contributed by atoms with van der Waals surface area (Å²) in [5.41, 5.74) is 4.91. The molecule has 2 aromatic heterocycles. The molecule has 1 aliphatic rings. The van der Waals surface area contributed by atoms with Gasteiger partial charge < -0.3 is 18.9 Å². The number of para-hydroxylation sites is 1. The number of hydrogen-bond donors (Lipinski definition) is 0. The summed E-state index contributed by atoms with van der Waals surface area (Å²) in [6.07, 6.45) is 9.15. The molecule has 0 spiro atoms. The van der Waals surface area contributed by atoms with Gasteiger partial charge >= 0.3 is 5.97 Å². The van der Waals surface area contributed by atoms with Crippen LogP contribution in [0, 0.1) is 6.92 Å². The summed E-state index contributed by atoms with van der Waals surface area (Å²) in [7, 11) is 1.68. The number of unbranched alkanes of at least 4 members (excludes halogenated alkanes) is 5. The number of nitrogens with zero attached hydrogens (tertiary/aromatic N) is 3. The summed E-state index contributed by atoms with van der Waals surface area (Å²) in [5, 5.41) is 1.07. The van der Waals surface area contributed by atoms with Crippen LogP contribution in [0.15, 0.2) is 60.8 Å². The van der Waals surface area contributed by atoms with Gasteiger partial charge in [0.1, 0.15) is 11.4 Å². The van der Waals surface area contributed by atoms with Gasteiger partial charge in [-0.3, -0.25) is 4.98 Å². The lowest BCUT2D eigenvalue weighted by molar-refractivity contribution is 0.0239. The number of carbonyl (C=O) groups excluding carboxylic acids is 1. The van der Waals surface area contributed by atoms with Gasteiger partial charge in [-0.2, -0.15) is 0 Å². The molecule has 6 nitrogen and oxygen atoms in total. The number of hydrogen-bond acceptors (Lipinski definition) is 5. The van der Waals surface area contributed by atoms with Crippen molar-refractivity contribution in [1.82, 2.24) is 9.55 Å². The number of esters is 1. The summed E-state index contributed by atoms with van der Waals surface area (Å²) >= 11 is 0. The Morgan fingerprint density at radius 2 is 1.71 bits per heavy atom. The maximum absolute atomic E-state index is 13.5. The second kappa shape index (κ2) is 12.4. The first-order chi connectivity index (χ1) is 20.0. The summed E-state index contributed by atoms with van der Waals surface area (Å²) in [5.74, 6) is 0.308. The van der Waals surface area contributed by atoms with Crippen LogP contribution in [-0.2, 0) is 16.9 Å². The summed E-state index contributed by atoms with van der Waals surface area (Å²) < 4.78 is 15.0. The zero-order valence-electron chi connectivity index (χ0n) is 25.2. The molecule has 3 heterocycles. The zero-order chi connectivity index (χ0) is 29.0. The highest BCUT2D eigenvalue weighted by molar-refractivity contribution is 5.98. The molecule has 216 valence electrons. The third kappa shape index (κ3) is 4.98. The standard InChI is InChI=1S/C35H43N3O3/c1-6-9-10-11-12-15-23-38-25(4)32(27-17-13-14-19-30(27)38)35(33-28(34(39)41-35)18-16-22-36-33)29-21-20-26(24-31(29)40-5)37(7-2)8-3/h13-14,16-22,24H,6-12,15,23H2,1-5H3. The van der Waals surface area contributed by atoms with Gasteiger partial charge in [0, 0.05) is 65.3 Å². The Morgan fingerprint density at radius 1 is 0.951 bits per heavy atom. The summed E-state index contributed by atoms with van der Waals surface area (Å²) in [6.45, 7) is 11.4. The molecule has 2 aromatic carbocycles. The number of fused-ring (bicyclic) bond motifs is 2. The van der Waals surface area contributed by atoms with Crippen LogP contribution in [0.5, 0.6) is 5.75 Å². The predicted molar refractivity (Wildman–Crippen MR) is 166 cm³/mol. The molecule has 0 N–H and O–H groups in total. The number of ether oxygens (including phenoxy) is 2. The van der Waals surface area contributed by atoms with Crippen molar-refractivity contribution >= 4 is 22.6 Å². The third-order valence-corrected chi connectivity index (χ3v) is 8.62. The Balaban J connectivity index is 1.72. The summed E-state index contributed by atoms with van der Waals surface area (Å²) in [6, 6.07) is 18.3. The largest absolute Gasteiger partial charge is 0.496 e. The molecule has 0 amide bonds. The molecule has 6 heteroatoms. The average Bonchev–Trinajstić information content (AvgIpc) is 3.46. The van der Waals surface area contributed by atoms with Crippen LogP contribution in [0.2, 0.25) is 0 Å². The predicted octanol–water partition coefficient (Wildman–Crippen LogP) is 8.02. The fourth-order valence-corrected chi connectivity index (χ4v) is 6.55. The van der Waals surface area contributed by atoms with Gasteiger partial charge in [0.05, 0.1) is 12.7 Å². The number of aromatic nitrogens is 2. The lowest BCUT2D eigenvalue weighted by Gasteiger charge is -2.32. The normalized spacial score (nSPS) is 16.2. The van der Waals surface area contributed by atoms with Gasteiger partial charge in [-0.1, -0.05) is 57.2 Å². The van der Waals surface area contributed by atoms with Gasteiger partial charge in [-0.05, 0) is 57.5 Å². The fraction of sp³-hybridized carbons (Fsp3) is 0.429.